The van der Waals surface area contributed by atoms with Crippen molar-refractivity contribution in [3.63, 3.8) is 0 Å². The molecule has 0 spiro atoms. The van der Waals surface area contributed by atoms with Gasteiger partial charge in [-0.15, -0.1) is 0 Å². The highest BCUT2D eigenvalue weighted by Gasteiger charge is 2.24. The lowest BCUT2D eigenvalue weighted by Crippen LogP contribution is -2.42. The number of carbonyl (C=O) groups is 2. The highest BCUT2D eigenvalue weighted by Crippen LogP contribution is 2.37. The minimum absolute atomic E-state index is 0.115. The number of piperidine rings is 1. The van der Waals surface area contributed by atoms with Gasteiger partial charge in [-0.1, -0.05) is 18.2 Å². The van der Waals surface area contributed by atoms with Crippen molar-refractivity contribution in [3.05, 3.63) is 53.6 Å². The first-order chi connectivity index (χ1) is 15.5. The minimum atomic E-state index is -0.352. The average molecular weight is 455 g/mol. The predicted octanol–water partition coefficient (Wildman–Crippen LogP) is 3.47. The normalized spacial score (nSPS) is 16.7. The van der Waals surface area contributed by atoms with E-state index in [2.05, 4.69) is 27.8 Å². The Balaban J connectivity index is 1.25. The van der Waals surface area contributed by atoms with Crippen LogP contribution in [0, 0.1) is 0 Å². The molecule has 0 unspecified atom stereocenters. The van der Waals surface area contributed by atoms with Gasteiger partial charge in [0.15, 0.2) is 0 Å². The molecule has 0 bridgehead atoms. The molecule has 0 aromatic heterocycles. The van der Waals surface area contributed by atoms with E-state index in [-0.39, 0.29) is 18.2 Å². The van der Waals surface area contributed by atoms with Gasteiger partial charge in [0.2, 0.25) is 11.8 Å². The van der Waals surface area contributed by atoms with Gasteiger partial charge < -0.3 is 21.1 Å². The van der Waals surface area contributed by atoms with Gasteiger partial charge in [0.25, 0.3) is 0 Å². The Labute approximate surface area is 193 Å². The number of benzene rings is 2. The van der Waals surface area contributed by atoms with Crippen LogP contribution in [0.25, 0.3) is 0 Å². The maximum absolute atomic E-state index is 12.3. The van der Waals surface area contributed by atoms with E-state index in [1.165, 1.54) is 11.1 Å². The van der Waals surface area contributed by atoms with Crippen LogP contribution >= 0.6 is 11.9 Å². The molecule has 2 aromatic carbocycles. The molecule has 2 amide bonds. The zero-order chi connectivity index (χ0) is 22.5. The van der Waals surface area contributed by atoms with Crippen LogP contribution in [0.1, 0.15) is 43.2 Å². The third kappa shape index (κ3) is 5.75. The van der Waals surface area contributed by atoms with Crippen molar-refractivity contribution in [2.45, 2.75) is 56.1 Å². The molecule has 0 atom stereocenters. The number of nitrogens with two attached hydrogens (primary N) is 1. The average Bonchev–Trinajstić information content (AvgIpc) is 3.17. The Hall–Kier alpha value is -2.71. The number of hydrogen-bond donors (Lipinski definition) is 3. The molecule has 2 aromatic rings. The van der Waals surface area contributed by atoms with Gasteiger partial charge in [0.05, 0.1) is 4.90 Å². The second-order valence-electron chi connectivity index (χ2n) is 8.46. The maximum Gasteiger partial charge on any atom is 0.222 e. The maximum atomic E-state index is 12.3. The highest BCUT2D eigenvalue weighted by atomic mass is 32.2. The Morgan fingerprint density at radius 2 is 1.81 bits per heavy atom. The first kappa shape index (κ1) is 22.5. The fourth-order valence-corrected chi connectivity index (χ4v) is 5.26. The summed E-state index contributed by atoms with van der Waals surface area (Å²) < 4.78 is 2.26. The van der Waals surface area contributed by atoms with Crippen LogP contribution in [-0.4, -0.2) is 45.3 Å². The van der Waals surface area contributed by atoms with Gasteiger partial charge in [-0.2, -0.15) is 0 Å². The summed E-state index contributed by atoms with van der Waals surface area (Å²) in [6.07, 6.45) is 3.01. The zero-order valence-corrected chi connectivity index (χ0v) is 18.9. The van der Waals surface area contributed by atoms with E-state index in [1.807, 2.05) is 23.1 Å². The minimum Gasteiger partial charge on any atom is -0.507 e. The summed E-state index contributed by atoms with van der Waals surface area (Å²) in [6.45, 7) is 3.17. The number of carbonyl (C=O) groups excluding carboxylic acids is 2. The number of amides is 2. The van der Waals surface area contributed by atoms with Crippen molar-refractivity contribution in [1.29, 1.82) is 0 Å². The Bertz CT molecular complexity index is 975. The number of aromatic hydroxyl groups is 1. The molecule has 32 heavy (non-hydrogen) atoms. The quantitative estimate of drug-likeness (QED) is 0.528. The van der Waals surface area contributed by atoms with Gasteiger partial charge >= 0.3 is 0 Å². The molecule has 4 rings (SSSR count). The molecule has 0 aliphatic carbocycles. The number of nitrogens with one attached hydrogen (secondary N) is 1. The Morgan fingerprint density at radius 3 is 2.56 bits per heavy atom. The van der Waals surface area contributed by atoms with E-state index < -0.39 is 0 Å². The lowest BCUT2D eigenvalue weighted by atomic mass is 10.0. The number of phenolic OH excluding ortho intramolecular Hbond substituents is 1. The number of hydrogen-bond acceptors (Lipinski definition) is 6. The van der Waals surface area contributed by atoms with Gasteiger partial charge in [-0.05, 0) is 66.6 Å². The number of phenols is 1. The van der Waals surface area contributed by atoms with Gasteiger partial charge in [-0.25, -0.2) is 4.31 Å². The molecule has 8 heteroatoms. The number of anilines is 1. The number of likely N-dealkylation sites (tertiary alicyclic amines) is 1. The van der Waals surface area contributed by atoms with Crippen LogP contribution in [0.5, 0.6) is 5.75 Å². The molecule has 0 saturated carbocycles. The Kier molecular flexibility index (Phi) is 7.22. The molecule has 2 aliphatic heterocycles. The zero-order valence-electron chi connectivity index (χ0n) is 18.1. The van der Waals surface area contributed by atoms with Gasteiger partial charge in [-0.3, -0.25) is 9.59 Å². The third-order valence-corrected chi connectivity index (χ3v) is 7.08. The molecular weight excluding hydrogens is 424 g/mol. The molecule has 7 nitrogen and oxygen atoms in total. The van der Waals surface area contributed by atoms with Gasteiger partial charge in [0.1, 0.15) is 5.75 Å². The summed E-state index contributed by atoms with van der Waals surface area (Å²) in [6, 6.07) is 14.3. The van der Waals surface area contributed by atoms with E-state index >= 15 is 0 Å². The third-order valence-electron chi connectivity index (χ3n) is 6.02. The smallest absolute Gasteiger partial charge is 0.222 e. The summed E-state index contributed by atoms with van der Waals surface area (Å²) in [5.41, 5.74) is 8.88. The summed E-state index contributed by atoms with van der Waals surface area (Å²) in [4.78, 5) is 25.9. The van der Waals surface area contributed by atoms with Crippen LogP contribution in [0.4, 0.5) is 5.69 Å². The standard InChI is InChI=1S/C24H30N4O3S/c25-23(30)6-3-7-24(31)27-12-10-19(11-13-27)26-20-9-8-17-15-28(16-18(17)14-20)32-22-5-2-1-4-21(22)29/h1-2,4-5,8-9,14,19,26,29H,3,6-7,10-13,15-16H2,(H2,25,30). The molecular formula is C24H30N4O3S. The monoisotopic (exact) mass is 454 g/mol. The number of rotatable bonds is 8. The SMILES string of the molecule is NC(=O)CCCC(=O)N1CCC(Nc2ccc3c(c2)CN(Sc2ccccc2O)C3)CC1. The van der Waals surface area contributed by atoms with E-state index in [9.17, 15) is 14.7 Å². The number of para-hydroxylation sites is 1. The van der Waals surface area contributed by atoms with Crippen LogP contribution in [0.3, 0.4) is 0 Å². The van der Waals surface area contributed by atoms with Crippen molar-refractivity contribution in [3.8, 4) is 5.75 Å². The lowest BCUT2D eigenvalue weighted by molar-refractivity contribution is -0.132. The summed E-state index contributed by atoms with van der Waals surface area (Å²) in [7, 11) is 0. The van der Waals surface area contributed by atoms with Crippen LogP contribution in [-0.2, 0) is 22.7 Å². The van der Waals surface area contributed by atoms with Crippen LogP contribution < -0.4 is 11.1 Å². The first-order valence-electron chi connectivity index (χ1n) is 11.1. The fraction of sp³-hybridized carbons (Fsp3) is 0.417. The molecule has 1 fully saturated rings. The van der Waals surface area contributed by atoms with Crippen LogP contribution in [0.2, 0.25) is 0 Å². The Morgan fingerprint density at radius 1 is 1.06 bits per heavy atom. The van der Waals surface area contributed by atoms with Crippen molar-refractivity contribution in [2.24, 2.45) is 5.73 Å². The number of nitrogens with zero attached hydrogens (tertiary/aromatic N) is 2. The second-order valence-corrected chi connectivity index (χ2v) is 9.60. The van der Waals surface area contributed by atoms with Crippen molar-refractivity contribution >= 4 is 29.4 Å². The van der Waals surface area contributed by atoms with Crippen molar-refractivity contribution in [2.75, 3.05) is 18.4 Å². The fourth-order valence-electron chi connectivity index (χ4n) is 4.27. The summed E-state index contributed by atoms with van der Waals surface area (Å²) in [5, 5.41) is 13.7. The largest absolute Gasteiger partial charge is 0.507 e. The topological polar surface area (TPSA) is 98.9 Å². The first-order valence-corrected chi connectivity index (χ1v) is 11.9. The van der Waals surface area contributed by atoms with Crippen LogP contribution in [0.15, 0.2) is 47.4 Å². The predicted molar refractivity (Wildman–Crippen MR) is 126 cm³/mol. The van der Waals surface area contributed by atoms with Crippen molar-refractivity contribution in [1.82, 2.24) is 9.21 Å². The van der Waals surface area contributed by atoms with E-state index in [0.717, 1.165) is 49.6 Å². The van der Waals surface area contributed by atoms with E-state index in [4.69, 9.17) is 5.73 Å². The van der Waals surface area contributed by atoms with Crippen molar-refractivity contribution < 1.29 is 14.7 Å². The lowest BCUT2D eigenvalue weighted by Gasteiger charge is -2.33. The van der Waals surface area contributed by atoms with Gasteiger partial charge in [0, 0.05) is 50.7 Å². The summed E-state index contributed by atoms with van der Waals surface area (Å²) in [5.74, 6) is 0.0766. The number of fused-ring (bicyclic) bond motifs is 1. The molecule has 1 saturated heterocycles. The van der Waals surface area contributed by atoms with E-state index in [1.54, 1.807) is 18.0 Å². The molecule has 0 radical (unpaired) electrons. The summed E-state index contributed by atoms with van der Waals surface area (Å²) >= 11 is 1.59. The molecule has 2 heterocycles. The highest BCUT2D eigenvalue weighted by molar-refractivity contribution is 7.97. The molecule has 2 aliphatic rings. The number of primary amides is 1. The molecule has 4 N–H and O–H groups in total. The molecule has 170 valence electrons. The second kappa shape index (κ2) is 10.3. The van der Waals surface area contributed by atoms with E-state index in [0.29, 0.717) is 24.6 Å².